The lowest BCUT2D eigenvalue weighted by Gasteiger charge is -2.27. The second kappa shape index (κ2) is 9.03. The summed E-state index contributed by atoms with van der Waals surface area (Å²) < 4.78 is 2.49. The van der Waals surface area contributed by atoms with Crippen LogP contribution in [0.1, 0.15) is 19.4 Å². The van der Waals surface area contributed by atoms with E-state index >= 15 is 0 Å². The van der Waals surface area contributed by atoms with Crippen molar-refractivity contribution in [3.8, 4) is 5.69 Å². The Balaban J connectivity index is 1.65. The van der Waals surface area contributed by atoms with Gasteiger partial charge in [-0.25, -0.2) is 9.67 Å². The van der Waals surface area contributed by atoms with Crippen molar-refractivity contribution in [3.05, 3.63) is 93.2 Å². The topological polar surface area (TPSA) is 116 Å². The van der Waals surface area contributed by atoms with Crippen LogP contribution in [0.2, 0.25) is 0 Å². The van der Waals surface area contributed by atoms with Crippen LogP contribution in [0.5, 0.6) is 0 Å². The van der Waals surface area contributed by atoms with Crippen molar-refractivity contribution in [1.29, 1.82) is 0 Å². The van der Waals surface area contributed by atoms with Crippen molar-refractivity contribution in [1.82, 2.24) is 24.2 Å². The summed E-state index contributed by atoms with van der Waals surface area (Å²) in [6, 6.07) is 15.6. The van der Waals surface area contributed by atoms with Crippen LogP contribution in [0, 0.1) is 10.1 Å². The van der Waals surface area contributed by atoms with E-state index in [0.717, 1.165) is 5.56 Å². The van der Waals surface area contributed by atoms with Crippen LogP contribution in [0.4, 0.5) is 5.69 Å². The minimum absolute atomic E-state index is 0.0634. The first-order valence-electron chi connectivity index (χ1n) is 10.4. The van der Waals surface area contributed by atoms with Gasteiger partial charge in [0.1, 0.15) is 23.9 Å². The SMILES string of the molecule is CC(C)N(Cc1ccccc1)C(=O)Cn1cnc2c(cnn2-c2ccccc2[N+](=O)[O-])c1=O. The Bertz CT molecular complexity index is 1380. The Labute approximate surface area is 188 Å². The molecule has 0 bridgehead atoms. The predicted octanol–water partition coefficient (Wildman–Crippen LogP) is 2.93. The molecular formula is C23H22N6O4. The molecule has 10 heteroatoms. The molecule has 0 radical (unpaired) electrons. The van der Waals surface area contributed by atoms with Gasteiger partial charge in [-0.1, -0.05) is 42.5 Å². The Morgan fingerprint density at radius 3 is 2.52 bits per heavy atom. The zero-order valence-corrected chi connectivity index (χ0v) is 18.2. The third-order valence-electron chi connectivity index (χ3n) is 5.31. The molecule has 168 valence electrons. The van der Waals surface area contributed by atoms with Crippen LogP contribution in [0.25, 0.3) is 16.7 Å². The molecule has 0 N–H and O–H groups in total. The largest absolute Gasteiger partial charge is 0.334 e. The van der Waals surface area contributed by atoms with E-state index in [1.54, 1.807) is 17.0 Å². The van der Waals surface area contributed by atoms with E-state index in [2.05, 4.69) is 10.1 Å². The number of para-hydroxylation sites is 2. The normalized spacial score (nSPS) is 11.1. The van der Waals surface area contributed by atoms with Crippen molar-refractivity contribution in [2.75, 3.05) is 0 Å². The second-order valence-corrected chi connectivity index (χ2v) is 7.82. The number of rotatable bonds is 7. The summed E-state index contributed by atoms with van der Waals surface area (Å²) in [5.74, 6) is -0.219. The summed E-state index contributed by atoms with van der Waals surface area (Å²) in [7, 11) is 0. The average molecular weight is 446 g/mol. The maximum atomic E-state index is 13.0. The van der Waals surface area contributed by atoms with Gasteiger partial charge in [0.05, 0.1) is 11.1 Å². The number of nitrogens with zero attached hydrogens (tertiary/aromatic N) is 6. The van der Waals surface area contributed by atoms with Gasteiger partial charge in [-0.15, -0.1) is 0 Å². The Morgan fingerprint density at radius 1 is 1.12 bits per heavy atom. The highest BCUT2D eigenvalue weighted by atomic mass is 16.6. The molecule has 0 aliphatic heterocycles. The Hall–Kier alpha value is -4.34. The van der Waals surface area contributed by atoms with Crippen molar-refractivity contribution >= 4 is 22.6 Å². The number of carbonyl (C=O) groups excluding carboxylic acids is 1. The third-order valence-corrected chi connectivity index (χ3v) is 5.31. The van der Waals surface area contributed by atoms with Gasteiger partial charge in [0.2, 0.25) is 5.91 Å². The zero-order chi connectivity index (χ0) is 23.5. The van der Waals surface area contributed by atoms with Crippen LogP contribution < -0.4 is 5.56 Å². The first-order valence-corrected chi connectivity index (χ1v) is 10.4. The molecule has 10 nitrogen and oxygen atoms in total. The summed E-state index contributed by atoms with van der Waals surface area (Å²) in [4.78, 5) is 42.9. The van der Waals surface area contributed by atoms with Crippen molar-refractivity contribution in [2.24, 2.45) is 0 Å². The summed E-state index contributed by atoms with van der Waals surface area (Å²) >= 11 is 0. The number of fused-ring (bicyclic) bond motifs is 1. The monoisotopic (exact) mass is 446 g/mol. The molecule has 2 aromatic heterocycles. The molecule has 0 aliphatic rings. The summed E-state index contributed by atoms with van der Waals surface area (Å²) in [6.45, 7) is 4.09. The number of nitro groups is 1. The van der Waals surface area contributed by atoms with Gasteiger partial charge >= 0.3 is 0 Å². The first kappa shape index (κ1) is 21.9. The van der Waals surface area contributed by atoms with Gasteiger partial charge in [0, 0.05) is 18.7 Å². The Kier molecular flexibility index (Phi) is 5.99. The lowest BCUT2D eigenvalue weighted by molar-refractivity contribution is -0.384. The van der Waals surface area contributed by atoms with Gasteiger partial charge in [-0.2, -0.15) is 5.10 Å². The Morgan fingerprint density at radius 2 is 1.82 bits per heavy atom. The quantitative estimate of drug-likeness (QED) is 0.318. The number of aromatic nitrogens is 4. The van der Waals surface area contributed by atoms with Gasteiger partial charge < -0.3 is 4.90 Å². The predicted molar refractivity (Wildman–Crippen MR) is 122 cm³/mol. The highest BCUT2D eigenvalue weighted by Crippen LogP contribution is 2.23. The smallest absolute Gasteiger partial charge is 0.294 e. The van der Waals surface area contributed by atoms with Crippen LogP contribution in [-0.2, 0) is 17.9 Å². The zero-order valence-electron chi connectivity index (χ0n) is 18.2. The number of hydrogen-bond acceptors (Lipinski definition) is 6. The van der Waals surface area contributed by atoms with E-state index < -0.39 is 10.5 Å². The fourth-order valence-electron chi connectivity index (χ4n) is 3.61. The highest BCUT2D eigenvalue weighted by molar-refractivity contribution is 5.78. The van der Waals surface area contributed by atoms with E-state index in [-0.39, 0.29) is 40.9 Å². The van der Waals surface area contributed by atoms with Gasteiger partial charge in [0.25, 0.3) is 11.2 Å². The van der Waals surface area contributed by atoms with Crippen molar-refractivity contribution in [3.63, 3.8) is 0 Å². The van der Waals surface area contributed by atoms with Crippen LogP contribution >= 0.6 is 0 Å². The van der Waals surface area contributed by atoms with E-state index in [1.807, 2.05) is 44.2 Å². The van der Waals surface area contributed by atoms with E-state index in [4.69, 9.17) is 0 Å². The van der Waals surface area contributed by atoms with Crippen LogP contribution in [0.15, 0.2) is 71.9 Å². The third kappa shape index (κ3) is 4.36. The average Bonchev–Trinajstić information content (AvgIpc) is 3.24. The maximum absolute atomic E-state index is 13.0. The summed E-state index contributed by atoms with van der Waals surface area (Å²) in [5.41, 5.74) is 0.778. The minimum Gasteiger partial charge on any atom is -0.334 e. The molecule has 4 rings (SSSR count). The number of amides is 1. The van der Waals surface area contributed by atoms with E-state index in [1.165, 1.54) is 33.9 Å². The van der Waals surface area contributed by atoms with Crippen LogP contribution in [0.3, 0.4) is 0 Å². The van der Waals surface area contributed by atoms with Crippen molar-refractivity contribution < 1.29 is 9.72 Å². The summed E-state index contributed by atoms with van der Waals surface area (Å²) in [5, 5.41) is 15.7. The van der Waals surface area contributed by atoms with E-state index in [0.29, 0.717) is 6.54 Å². The molecule has 0 unspecified atom stereocenters. The fraction of sp³-hybridized carbons (Fsp3) is 0.217. The van der Waals surface area contributed by atoms with Crippen LogP contribution in [-0.4, -0.2) is 41.1 Å². The van der Waals surface area contributed by atoms with Gasteiger partial charge in [-0.05, 0) is 25.5 Å². The molecule has 0 saturated carbocycles. The number of benzene rings is 2. The molecule has 2 aromatic carbocycles. The van der Waals surface area contributed by atoms with E-state index in [9.17, 15) is 19.7 Å². The lowest BCUT2D eigenvalue weighted by Crippen LogP contribution is -2.40. The highest BCUT2D eigenvalue weighted by Gasteiger charge is 2.21. The first-order chi connectivity index (χ1) is 15.9. The van der Waals surface area contributed by atoms with Gasteiger partial charge in [-0.3, -0.25) is 24.3 Å². The second-order valence-electron chi connectivity index (χ2n) is 7.82. The lowest BCUT2D eigenvalue weighted by atomic mass is 10.2. The standard InChI is InChI=1S/C23H22N6O4/c1-16(2)27(13-17-8-4-3-5-9-17)21(30)14-26-15-24-22-18(23(26)31)12-25-28(22)19-10-6-7-11-20(19)29(32)33/h3-12,15-16H,13-14H2,1-2H3. The fourth-order valence-corrected chi connectivity index (χ4v) is 3.61. The van der Waals surface area contributed by atoms with Crippen molar-refractivity contribution in [2.45, 2.75) is 33.0 Å². The molecule has 1 amide bonds. The molecule has 33 heavy (non-hydrogen) atoms. The molecule has 0 atom stereocenters. The minimum atomic E-state index is -0.518. The number of carbonyl (C=O) groups is 1. The van der Waals surface area contributed by atoms with Gasteiger partial charge in [0.15, 0.2) is 5.65 Å². The molecule has 2 heterocycles. The molecule has 0 aliphatic carbocycles. The number of hydrogen-bond donors (Lipinski definition) is 0. The molecule has 0 fully saturated rings. The molecule has 0 saturated heterocycles. The maximum Gasteiger partial charge on any atom is 0.294 e. The summed E-state index contributed by atoms with van der Waals surface area (Å²) in [6.07, 6.45) is 2.59. The number of nitro benzene ring substituents is 1. The molecule has 0 spiro atoms. The molecular weight excluding hydrogens is 424 g/mol. The molecule has 4 aromatic rings.